The number of hydrogen-bond donors (Lipinski definition) is 2. The molecule has 0 saturated carbocycles. The first-order valence-corrected chi connectivity index (χ1v) is 6.31. The maximum atomic E-state index is 13.2. The number of benzene rings is 2. The highest BCUT2D eigenvalue weighted by molar-refractivity contribution is 6.33. The van der Waals surface area contributed by atoms with Gasteiger partial charge in [0.05, 0.1) is 10.7 Å². The molecule has 2 N–H and O–H groups in total. The molecule has 0 amide bonds. The molecule has 0 saturated heterocycles. The molecule has 1 heterocycles. The van der Waals surface area contributed by atoms with Crippen LogP contribution in [0.1, 0.15) is 5.56 Å². The smallest absolute Gasteiger partial charge is 0.231 e. The second-order valence-electron chi connectivity index (χ2n) is 4.32. The Bertz CT molecular complexity index is 663. The number of hydrogen-bond acceptors (Lipinski definition) is 4. The molecular weight excluding hydrogens is 285 g/mol. The van der Waals surface area contributed by atoms with Crippen LogP contribution in [0.4, 0.5) is 10.1 Å². The van der Waals surface area contributed by atoms with Crippen LogP contribution < -0.4 is 14.8 Å². The van der Waals surface area contributed by atoms with Gasteiger partial charge in [-0.2, -0.15) is 0 Å². The van der Waals surface area contributed by atoms with Gasteiger partial charge in [0.1, 0.15) is 0 Å². The lowest BCUT2D eigenvalue weighted by atomic mass is 10.2. The SMILES string of the molecule is Oc1ccc(CNc2cc3c(cc2Cl)OCO3)cc1F. The summed E-state index contributed by atoms with van der Waals surface area (Å²) in [5.74, 6) is 0.209. The topological polar surface area (TPSA) is 50.7 Å². The molecule has 3 rings (SSSR count). The molecule has 0 fully saturated rings. The van der Waals surface area contributed by atoms with Crippen LogP contribution in [0.2, 0.25) is 5.02 Å². The van der Waals surface area contributed by atoms with Crippen LogP contribution in [0.5, 0.6) is 17.2 Å². The highest BCUT2D eigenvalue weighted by atomic mass is 35.5. The Morgan fingerprint density at radius 3 is 2.70 bits per heavy atom. The van der Waals surface area contributed by atoms with Gasteiger partial charge in [0.2, 0.25) is 6.79 Å². The van der Waals surface area contributed by atoms with Crippen LogP contribution in [0.25, 0.3) is 0 Å². The molecule has 0 spiro atoms. The zero-order chi connectivity index (χ0) is 14.1. The van der Waals surface area contributed by atoms with Gasteiger partial charge in [-0.05, 0) is 17.7 Å². The number of anilines is 1. The summed E-state index contributed by atoms with van der Waals surface area (Å²) in [7, 11) is 0. The maximum absolute atomic E-state index is 13.2. The molecule has 20 heavy (non-hydrogen) atoms. The summed E-state index contributed by atoms with van der Waals surface area (Å²) in [5.41, 5.74) is 1.36. The zero-order valence-electron chi connectivity index (χ0n) is 10.3. The molecular formula is C14H11ClFNO3. The van der Waals surface area contributed by atoms with Crippen molar-refractivity contribution in [3.05, 3.63) is 46.7 Å². The van der Waals surface area contributed by atoms with Crippen LogP contribution in [-0.4, -0.2) is 11.9 Å². The second-order valence-corrected chi connectivity index (χ2v) is 4.73. The standard InChI is InChI=1S/C14H11ClFNO3/c15-9-4-13-14(20-7-19-13)5-11(9)17-6-8-1-2-12(18)10(16)3-8/h1-5,17-18H,6-7H2. The van der Waals surface area contributed by atoms with Gasteiger partial charge in [0.15, 0.2) is 23.1 Å². The second kappa shape index (κ2) is 5.09. The molecule has 2 aromatic carbocycles. The molecule has 0 atom stereocenters. The lowest BCUT2D eigenvalue weighted by Crippen LogP contribution is -2.00. The Morgan fingerprint density at radius 2 is 1.95 bits per heavy atom. The average Bonchev–Trinajstić information content (AvgIpc) is 2.87. The molecule has 4 nitrogen and oxygen atoms in total. The average molecular weight is 296 g/mol. The third-order valence-corrected chi connectivity index (χ3v) is 3.27. The van der Waals surface area contributed by atoms with Crippen molar-refractivity contribution >= 4 is 17.3 Å². The molecule has 6 heteroatoms. The fourth-order valence-electron chi connectivity index (χ4n) is 1.91. The molecule has 1 aliphatic heterocycles. The lowest BCUT2D eigenvalue weighted by molar-refractivity contribution is 0.174. The molecule has 2 aromatic rings. The van der Waals surface area contributed by atoms with Crippen molar-refractivity contribution in [3.8, 4) is 17.2 Å². The number of phenolic OH excluding ortho intramolecular Hbond substituents is 1. The molecule has 0 unspecified atom stereocenters. The first-order chi connectivity index (χ1) is 9.63. The summed E-state index contributed by atoms with van der Waals surface area (Å²) in [6.07, 6.45) is 0. The Labute approximate surface area is 119 Å². The van der Waals surface area contributed by atoms with E-state index in [0.717, 1.165) is 0 Å². The van der Waals surface area contributed by atoms with E-state index < -0.39 is 5.82 Å². The van der Waals surface area contributed by atoms with Crippen molar-refractivity contribution in [2.45, 2.75) is 6.54 Å². The summed E-state index contributed by atoms with van der Waals surface area (Å²) < 4.78 is 23.7. The number of halogens is 2. The van der Waals surface area contributed by atoms with Crippen molar-refractivity contribution in [1.29, 1.82) is 0 Å². The van der Waals surface area contributed by atoms with Crippen molar-refractivity contribution in [1.82, 2.24) is 0 Å². The number of phenols is 1. The fourth-order valence-corrected chi connectivity index (χ4v) is 2.13. The summed E-state index contributed by atoms with van der Waals surface area (Å²) in [6.45, 7) is 0.550. The van der Waals surface area contributed by atoms with E-state index in [1.165, 1.54) is 12.1 Å². The van der Waals surface area contributed by atoms with E-state index in [4.69, 9.17) is 26.2 Å². The van der Waals surface area contributed by atoms with Gasteiger partial charge in [-0.25, -0.2) is 4.39 Å². The number of rotatable bonds is 3. The van der Waals surface area contributed by atoms with Crippen molar-refractivity contribution in [3.63, 3.8) is 0 Å². The third kappa shape index (κ3) is 2.44. The quantitative estimate of drug-likeness (QED) is 0.909. The Kier molecular flexibility index (Phi) is 3.28. The molecule has 0 aliphatic carbocycles. The van der Waals surface area contributed by atoms with Crippen LogP contribution in [0.15, 0.2) is 30.3 Å². The Hall–Kier alpha value is -2.14. The monoisotopic (exact) mass is 295 g/mol. The summed E-state index contributed by atoms with van der Waals surface area (Å²) in [4.78, 5) is 0. The summed E-state index contributed by atoms with van der Waals surface area (Å²) in [5, 5.41) is 12.7. The summed E-state index contributed by atoms with van der Waals surface area (Å²) >= 11 is 6.12. The van der Waals surface area contributed by atoms with Crippen molar-refractivity contribution in [2.75, 3.05) is 12.1 Å². The van der Waals surface area contributed by atoms with E-state index in [1.54, 1.807) is 18.2 Å². The highest BCUT2D eigenvalue weighted by Crippen LogP contribution is 2.39. The predicted molar refractivity (Wildman–Crippen MR) is 73.0 cm³/mol. The fraction of sp³-hybridized carbons (Fsp3) is 0.143. The number of nitrogens with one attached hydrogen (secondary N) is 1. The van der Waals surface area contributed by atoms with Crippen LogP contribution >= 0.6 is 11.6 Å². The minimum atomic E-state index is -0.652. The van der Waals surface area contributed by atoms with Crippen molar-refractivity contribution in [2.24, 2.45) is 0 Å². The lowest BCUT2D eigenvalue weighted by Gasteiger charge is -2.10. The van der Waals surface area contributed by atoms with Gasteiger partial charge >= 0.3 is 0 Å². The minimum absolute atomic E-state index is 0.179. The molecule has 0 aromatic heterocycles. The largest absolute Gasteiger partial charge is 0.505 e. The van der Waals surface area contributed by atoms with Crippen LogP contribution in [0.3, 0.4) is 0 Å². The molecule has 1 aliphatic rings. The van der Waals surface area contributed by atoms with Gasteiger partial charge in [-0.3, -0.25) is 0 Å². The number of ether oxygens (including phenoxy) is 2. The first-order valence-electron chi connectivity index (χ1n) is 5.94. The van der Waals surface area contributed by atoms with E-state index in [1.807, 2.05) is 0 Å². The van der Waals surface area contributed by atoms with Gasteiger partial charge in [-0.1, -0.05) is 17.7 Å². The Morgan fingerprint density at radius 1 is 1.20 bits per heavy atom. The predicted octanol–water partition coefficient (Wildman–Crippen LogP) is 3.53. The summed E-state index contributed by atoms with van der Waals surface area (Å²) in [6, 6.07) is 7.62. The van der Waals surface area contributed by atoms with E-state index in [9.17, 15) is 4.39 Å². The maximum Gasteiger partial charge on any atom is 0.231 e. The van der Waals surface area contributed by atoms with Gasteiger partial charge in [0, 0.05) is 18.7 Å². The van der Waals surface area contributed by atoms with Gasteiger partial charge in [-0.15, -0.1) is 0 Å². The van der Waals surface area contributed by atoms with Crippen LogP contribution in [0, 0.1) is 5.82 Å². The zero-order valence-corrected chi connectivity index (χ0v) is 11.1. The minimum Gasteiger partial charge on any atom is -0.505 e. The van der Waals surface area contributed by atoms with Crippen LogP contribution in [-0.2, 0) is 6.54 Å². The number of fused-ring (bicyclic) bond motifs is 1. The Balaban J connectivity index is 1.76. The number of aromatic hydroxyl groups is 1. The van der Waals surface area contributed by atoms with E-state index in [2.05, 4.69) is 5.32 Å². The third-order valence-electron chi connectivity index (χ3n) is 2.96. The molecule has 0 radical (unpaired) electrons. The molecule has 0 bridgehead atoms. The highest BCUT2D eigenvalue weighted by Gasteiger charge is 2.16. The first kappa shape index (κ1) is 12.9. The molecule has 104 valence electrons. The normalized spacial score (nSPS) is 12.5. The van der Waals surface area contributed by atoms with Crippen molar-refractivity contribution < 1.29 is 19.0 Å². The van der Waals surface area contributed by atoms with E-state index in [0.29, 0.717) is 34.3 Å². The van der Waals surface area contributed by atoms with Gasteiger partial charge in [0.25, 0.3) is 0 Å². The van der Waals surface area contributed by atoms with Gasteiger partial charge < -0.3 is 19.9 Å². The van der Waals surface area contributed by atoms with E-state index in [-0.39, 0.29) is 12.5 Å². The van der Waals surface area contributed by atoms with E-state index >= 15 is 0 Å².